The van der Waals surface area contributed by atoms with Crippen LogP contribution in [0.4, 0.5) is 5.69 Å². The molecule has 2 aromatic rings. The molecule has 2 aliphatic heterocycles. The highest BCUT2D eigenvalue weighted by Crippen LogP contribution is 2.24. The third kappa shape index (κ3) is 5.42. The number of carbonyl (C=O) groups excluding carboxylic acids is 2. The van der Waals surface area contributed by atoms with Gasteiger partial charge in [-0.1, -0.05) is 18.2 Å². The summed E-state index contributed by atoms with van der Waals surface area (Å²) in [6, 6.07) is 11.8. The second-order valence-electron chi connectivity index (χ2n) is 8.98. The fourth-order valence-electron chi connectivity index (χ4n) is 4.51. The standard InChI is InChI=1S/C25H31N3O5S/c1-18-8-9-19(2)23(15-18)34(31,32)26-22-7-3-5-20(16-22)24(29)28-10-4-6-21(17-28)25(30)27-11-13-33-14-12-27/h3,5,7-9,15-16,21,26H,4,6,10-14,17H2,1-2H3/t21-/m1/s1. The van der Waals surface area contributed by atoms with E-state index in [0.29, 0.717) is 56.2 Å². The van der Waals surface area contributed by atoms with Crippen molar-refractivity contribution in [2.75, 3.05) is 44.1 Å². The molecular formula is C25H31N3O5S. The van der Waals surface area contributed by atoms with Gasteiger partial charge < -0.3 is 14.5 Å². The molecule has 0 unspecified atom stereocenters. The van der Waals surface area contributed by atoms with Gasteiger partial charge in [0.2, 0.25) is 5.91 Å². The Labute approximate surface area is 200 Å². The maximum Gasteiger partial charge on any atom is 0.262 e. The van der Waals surface area contributed by atoms with Gasteiger partial charge in [-0.3, -0.25) is 14.3 Å². The molecule has 1 N–H and O–H groups in total. The number of sulfonamides is 1. The number of hydrogen-bond acceptors (Lipinski definition) is 5. The van der Waals surface area contributed by atoms with Crippen molar-refractivity contribution in [3.63, 3.8) is 0 Å². The van der Waals surface area contributed by atoms with Crippen molar-refractivity contribution < 1.29 is 22.7 Å². The smallest absolute Gasteiger partial charge is 0.262 e. The molecule has 0 spiro atoms. The lowest BCUT2D eigenvalue weighted by Gasteiger charge is -2.36. The number of hydrogen-bond donors (Lipinski definition) is 1. The summed E-state index contributed by atoms with van der Waals surface area (Å²) in [6.45, 7) is 6.81. The number of anilines is 1. The fourth-order valence-corrected chi connectivity index (χ4v) is 5.89. The molecule has 8 nitrogen and oxygen atoms in total. The molecule has 2 aliphatic rings. The summed E-state index contributed by atoms with van der Waals surface area (Å²) in [6.07, 6.45) is 1.51. The van der Waals surface area contributed by atoms with Crippen molar-refractivity contribution in [2.24, 2.45) is 5.92 Å². The van der Waals surface area contributed by atoms with Crippen LogP contribution >= 0.6 is 0 Å². The van der Waals surface area contributed by atoms with Crippen LogP contribution in [0.15, 0.2) is 47.4 Å². The van der Waals surface area contributed by atoms with E-state index in [1.807, 2.05) is 17.9 Å². The van der Waals surface area contributed by atoms with E-state index in [1.54, 1.807) is 48.2 Å². The van der Waals surface area contributed by atoms with Crippen molar-refractivity contribution in [1.29, 1.82) is 0 Å². The Morgan fingerprint density at radius 2 is 1.76 bits per heavy atom. The highest BCUT2D eigenvalue weighted by atomic mass is 32.2. The Hall–Kier alpha value is -2.91. The van der Waals surface area contributed by atoms with E-state index >= 15 is 0 Å². The van der Waals surface area contributed by atoms with E-state index in [-0.39, 0.29) is 22.6 Å². The molecule has 0 saturated carbocycles. The normalized spacial score (nSPS) is 19.1. The maximum atomic E-state index is 13.2. The SMILES string of the molecule is Cc1ccc(C)c(S(=O)(=O)Nc2cccc(C(=O)N3CCC[C@@H](C(=O)N4CCOCC4)C3)c2)c1. The molecule has 34 heavy (non-hydrogen) atoms. The molecule has 0 radical (unpaired) electrons. The molecule has 182 valence electrons. The van der Waals surface area contributed by atoms with Gasteiger partial charge in [-0.25, -0.2) is 8.42 Å². The predicted octanol–water partition coefficient (Wildman–Crippen LogP) is 2.82. The summed E-state index contributed by atoms with van der Waals surface area (Å²) >= 11 is 0. The molecule has 1 atom stereocenters. The highest BCUT2D eigenvalue weighted by Gasteiger charge is 2.32. The zero-order valence-corrected chi connectivity index (χ0v) is 20.4. The van der Waals surface area contributed by atoms with Crippen LogP contribution in [0, 0.1) is 19.8 Å². The minimum absolute atomic E-state index is 0.0795. The zero-order chi connectivity index (χ0) is 24.3. The molecule has 2 fully saturated rings. The first-order valence-corrected chi connectivity index (χ1v) is 13.1. The average molecular weight is 486 g/mol. The van der Waals surface area contributed by atoms with Crippen molar-refractivity contribution >= 4 is 27.5 Å². The zero-order valence-electron chi connectivity index (χ0n) is 19.6. The van der Waals surface area contributed by atoms with Crippen LogP contribution in [0.3, 0.4) is 0 Å². The van der Waals surface area contributed by atoms with E-state index in [9.17, 15) is 18.0 Å². The van der Waals surface area contributed by atoms with Crippen LogP contribution in [0.1, 0.15) is 34.3 Å². The van der Waals surface area contributed by atoms with Gasteiger partial charge in [0, 0.05) is 37.4 Å². The van der Waals surface area contributed by atoms with Gasteiger partial charge in [-0.15, -0.1) is 0 Å². The van der Waals surface area contributed by atoms with Gasteiger partial charge in [0.15, 0.2) is 0 Å². The summed E-state index contributed by atoms with van der Waals surface area (Å²) in [5, 5.41) is 0. The van der Waals surface area contributed by atoms with Gasteiger partial charge in [0.05, 0.1) is 24.0 Å². The number of morpholine rings is 1. The summed E-state index contributed by atoms with van der Waals surface area (Å²) in [5.41, 5.74) is 2.21. The van der Waals surface area contributed by atoms with Gasteiger partial charge in [-0.05, 0) is 62.1 Å². The molecule has 0 aromatic heterocycles. The second-order valence-corrected chi connectivity index (χ2v) is 10.6. The van der Waals surface area contributed by atoms with Crippen LogP contribution in [0.25, 0.3) is 0 Å². The summed E-state index contributed by atoms with van der Waals surface area (Å²) in [7, 11) is -3.80. The number of carbonyl (C=O) groups is 2. The minimum atomic E-state index is -3.80. The Balaban J connectivity index is 1.47. The van der Waals surface area contributed by atoms with Gasteiger partial charge in [0.1, 0.15) is 0 Å². The van der Waals surface area contributed by atoms with Crippen molar-refractivity contribution in [2.45, 2.75) is 31.6 Å². The topological polar surface area (TPSA) is 96.0 Å². The van der Waals surface area contributed by atoms with Crippen LogP contribution in [-0.2, 0) is 19.6 Å². The van der Waals surface area contributed by atoms with Gasteiger partial charge in [-0.2, -0.15) is 0 Å². The molecule has 0 aliphatic carbocycles. The lowest BCUT2D eigenvalue weighted by Crippen LogP contribution is -2.49. The molecular weight excluding hydrogens is 454 g/mol. The molecule has 0 bridgehead atoms. The molecule has 2 heterocycles. The molecule has 2 aromatic carbocycles. The fraction of sp³-hybridized carbons (Fsp3) is 0.440. The molecule has 4 rings (SSSR count). The van der Waals surface area contributed by atoms with E-state index in [1.165, 1.54) is 0 Å². The molecule has 9 heteroatoms. The number of aryl methyl sites for hydroxylation is 2. The average Bonchev–Trinajstić information content (AvgIpc) is 2.85. The highest BCUT2D eigenvalue weighted by molar-refractivity contribution is 7.92. The van der Waals surface area contributed by atoms with Crippen molar-refractivity contribution in [1.82, 2.24) is 9.80 Å². The maximum absolute atomic E-state index is 13.2. The summed E-state index contributed by atoms with van der Waals surface area (Å²) in [4.78, 5) is 29.9. The third-order valence-corrected chi connectivity index (χ3v) is 7.90. The predicted molar refractivity (Wildman–Crippen MR) is 129 cm³/mol. The Bertz CT molecular complexity index is 1170. The monoisotopic (exact) mass is 485 g/mol. The van der Waals surface area contributed by atoms with E-state index in [0.717, 1.165) is 18.4 Å². The Kier molecular flexibility index (Phi) is 7.23. The number of likely N-dealkylation sites (tertiary alicyclic amines) is 1. The lowest BCUT2D eigenvalue weighted by atomic mass is 9.95. The van der Waals surface area contributed by atoms with Crippen molar-refractivity contribution in [3.8, 4) is 0 Å². The van der Waals surface area contributed by atoms with E-state index in [4.69, 9.17) is 4.74 Å². The number of nitrogens with one attached hydrogen (secondary N) is 1. The Morgan fingerprint density at radius 3 is 2.53 bits per heavy atom. The number of nitrogens with zero attached hydrogens (tertiary/aromatic N) is 2. The van der Waals surface area contributed by atoms with Crippen LogP contribution in [-0.4, -0.2) is 69.4 Å². The number of piperidine rings is 1. The molecule has 2 amide bonds. The first kappa shape index (κ1) is 24.2. The first-order chi connectivity index (χ1) is 16.2. The number of amides is 2. The van der Waals surface area contributed by atoms with E-state index < -0.39 is 10.0 Å². The van der Waals surface area contributed by atoms with Crippen LogP contribution in [0.5, 0.6) is 0 Å². The van der Waals surface area contributed by atoms with Crippen LogP contribution < -0.4 is 4.72 Å². The number of rotatable bonds is 5. The van der Waals surface area contributed by atoms with Gasteiger partial charge in [0.25, 0.3) is 15.9 Å². The minimum Gasteiger partial charge on any atom is -0.378 e. The number of benzene rings is 2. The third-order valence-electron chi connectivity index (χ3n) is 6.38. The van der Waals surface area contributed by atoms with Crippen LogP contribution in [0.2, 0.25) is 0 Å². The second kappa shape index (κ2) is 10.1. The summed E-state index contributed by atoms with van der Waals surface area (Å²) in [5.74, 6) is -0.343. The Morgan fingerprint density at radius 1 is 1.00 bits per heavy atom. The quantitative estimate of drug-likeness (QED) is 0.703. The lowest BCUT2D eigenvalue weighted by molar-refractivity contribution is -0.141. The molecule has 2 saturated heterocycles. The number of ether oxygens (including phenoxy) is 1. The summed E-state index contributed by atoms with van der Waals surface area (Å²) < 4.78 is 33.9. The first-order valence-electron chi connectivity index (χ1n) is 11.6. The van der Waals surface area contributed by atoms with Gasteiger partial charge >= 0.3 is 0 Å². The largest absolute Gasteiger partial charge is 0.378 e. The van der Waals surface area contributed by atoms with Crippen molar-refractivity contribution in [3.05, 3.63) is 59.2 Å². The van der Waals surface area contributed by atoms with E-state index in [2.05, 4.69) is 4.72 Å².